The van der Waals surface area contributed by atoms with E-state index in [1.54, 1.807) is 20.8 Å². The van der Waals surface area contributed by atoms with Crippen molar-refractivity contribution in [3.63, 3.8) is 0 Å². The topological polar surface area (TPSA) is 63.2 Å². The molecule has 126 valence electrons. The van der Waals surface area contributed by atoms with Crippen molar-refractivity contribution >= 4 is 15.0 Å². The van der Waals surface area contributed by atoms with Gasteiger partial charge in [0.05, 0.1) is 6.61 Å². The van der Waals surface area contributed by atoms with E-state index in [-0.39, 0.29) is 6.61 Å². The van der Waals surface area contributed by atoms with Crippen LogP contribution in [0.2, 0.25) is 6.04 Å². The Kier molecular flexibility index (Phi) is 9.85. The van der Waals surface area contributed by atoms with Crippen molar-refractivity contribution in [3.8, 4) is 0 Å². The molecule has 0 bridgehead atoms. The van der Waals surface area contributed by atoms with Crippen LogP contribution in [0.1, 0.15) is 48.0 Å². The molecule has 0 aliphatic heterocycles. The molecule has 0 saturated heterocycles. The van der Waals surface area contributed by atoms with Gasteiger partial charge in [0.1, 0.15) is 5.60 Å². The van der Waals surface area contributed by atoms with Gasteiger partial charge in [0.15, 0.2) is 0 Å². The first-order chi connectivity index (χ1) is 9.78. The first kappa shape index (κ1) is 20.4. The van der Waals surface area contributed by atoms with Crippen molar-refractivity contribution in [2.24, 2.45) is 0 Å². The lowest BCUT2D eigenvalue weighted by Gasteiger charge is -2.28. The van der Waals surface area contributed by atoms with E-state index in [2.05, 4.69) is 0 Å². The predicted molar refractivity (Wildman–Crippen MR) is 82.2 cm³/mol. The summed E-state index contributed by atoms with van der Waals surface area (Å²) in [5.74, 6) is 0. The Labute approximate surface area is 129 Å². The summed E-state index contributed by atoms with van der Waals surface area (Å²) in [7, 11) is -2.65. The second kappa shape index (κ2) is 10.2. The van der Waals surface area contributed by atoms with E-state index >= 15 is 0 Å². The Morgan fingerprint density at radius 1 is 0.952 bits per heavy atom. The lowest BCUT2D eigenvalue weighted by Crippen LogP contribution is -2.46. The predicted octanol–water partition coefficient (Wildman–Crippen LogP) is 3.38. The molecule has 6 nitrogen and oxygen atoms in total. The highest BCUT2D eigenvalue weighted by atomic mass is 28.4. The van der Waals surface area contributed by atoms with Gasteiger partial charge in [0.2, 0.25) is 0 Å². The quantitative estimate of drug-likeness (QED) is 0.349. The largest absolute Gasteiger partial charge is 0.508 e. The van der Waals surface area contributed by atoms with Gasteiger partial charge in [-0.1, -0.05) is 0 Å². The Balaban J connectivity index is 4.21. The number of hydrogen-bond donors (Lipinski definition) is 0. The molecule has 0 N–H and O–H groups in total. The monoisotopic (exact) mass is 322 g/mol. The summed E-state index contributed by atoms with van der Waals surface area (Å²) in [6.45, 7) is 13.0. The average Bonchev–Trinajstić information content (AvgIpc) is 2.33. The third kappa shape index (κ3) is 9.84. The molecule has 0 aliphatic rings. The Hall–Kier alpha value is -0.633. The van der Waals surface area contributed by atoms with E-state index in [4.69, 9.17) is 22.8 Å². The fourth-order valence-corrected chi connectivity index (χ4v) is 4.30. The van der Waals surface area contributed by atoms with Crippen LogP contribution in [0.4, 0.5) is 4.79 Å². The summed E-state index contributed by atoms with van der Waals surface area (Å²) in [5, 5.41) is 0. The minimum Gasteiger partial charge on any atom is -0.434 e. The van der Waals surface area contributed by atoms with Crippen molar-refractivity contribution in [3.05, 3.63) is 0 Å². The van der Waals surface area contributed by atoms with Gasteiger partial charge in [0.25, 0.3) is 0 Å². The summed E-state index contributed by atoms with van der Waals surface area (Å²) < 4.78 is 27.3. The first-order valence-electron chi connectivity index (χ1n) is 7.56. The van der Waals surface area contributed by atoms with E-state index in [1.807, 2.05) is 20.8 Å². The molecule has 0 heterocycles. The Morgan fingerprint density at radius 2 is 1.43 bits per heavy atom. The zero-order chi connectivity index (χ0) is 16.4. The molecule has 7 heteroatoms. The summed E-state index contributed by atoms with van der Waals surface area (Å²) in [5.41, 5.74) is -0.544. The summed E-state index contributed by atoms with van der Waals surface area (Å²) in [4.78, 5) is 11.4. The molecule has 0 aromatic rings. The Morgan fingerprint density at radius 3 is 1.81 bits per heavy atom. The number of carbonyl (C=O) groups is 1. The van der Waals surface area contributed by atoms with E-state index in [0.717, 1.165) is 0 Å². The molecule has 0 aromatic heterocycles. The third-order valence-corrected chi connectivity index (χ3v) is 5.48. The van der Waals surface area contributed by atoms with E-state index in [0.29, 0.717) is 32.3 Å². The van der Waals surface area contributed by atoms with Gasteiger partial charge in [-0.3, -0.25) is 0 Å². The molecule has 0 unspecified atom stereocenters. The standard InChI is InChI=1S/C14H30O6Si/c1-7-17-21(18-8-2,19-9-3)12-10-11-16-13(15)20-14(4,5)6/h7-12H2,1-6H3. The maximum Gasteiger partial charge on any atom is 0.508 e. The molecule has 0 aromatic carbocycles. The van der Waals surface area contributed by atoms with Gasteiger partial charge in [-0.2, -0.15) is 0 Å². The summed E-state index contributed by atoms with van der Waals surface area (Å²) in [6.07, 6.45) is -0.0372. The Bertz CT molecular complexity index is 273. The van der Waals surface area contributed by atoms with Gasteiger partial charge in [-0.15, -0.1) is 0 Å². The van der Waals surface area contributed by atoms with Gasteiger partial charge in [-0.25, -0.2) is 4.79 Å². The van der Waals surface area contributed by atoms with Crippen LogP contribution in [0.5, 0.6) is 0 Å². The zero-order valence-electron chi connectivity index (χ0n) is 14.2. The highest BCUT2D eigenvalue weighted by Gasteiger charge is 2.39. The van der Waals surface area contributed by atoms with Crippen molar-refractivity contribution in [2.75, 3.05) is 26.4 Å². The van der Waals surface area contributed by atoms with Crippen LogP contribution in [0.3, 0.4) is 0 Å². The fourth-order valence-electron chi connectivity index (χ4n) is 1.72. The number of carbonyl (C=O) groups excluding carboxylic acids is 1. The van der Waals surface area contributed by atoms with Crippen molar-refractivity contribution in [2.45, 2.75) is 59.6 Å². The molecule has 0 amide bonds. The molecule has 21 heavy (non-hydrogen) atoms. The van der Waals surface area contributed by atoms with E-state index in [1.165, 1.54) is 0 Å². The van der Waals surface area contributed by atoms with Gasteiger partial charge in [-0.05, 0) is 48.0 Å². The second-order valence-corrected chi connectivity index (χ2v) is 8.13. The highest BCUT2D eigenvalue weighted by Crippen LogP contribution is 2.18. The maximum absolute atomic E-state index is 11.4. The van der Waals surface area contributed by atoms with Crippen molar-refractivity contribution in [1.82, 2.24) is 0 Å². The molecule has 0 saturated carbocycles. The van der Waals surface area contributed by atoms with Gasteiger partial charge < -0.3 is 22.8 Å². The minimum atomic E-state index is -2.65. The molecule has 0 radical (unpaired) electrons. The zero-order valence-corrected chi connectivity index (χ0v) is 15.2. The van der Waals surface area contributed by atoms with Crippen molar-refractivity contribution in [1.29, 1.82) is 0 Å². The van der Waals surface area contributed by atoms with Gasteiger partial charge >= 0.3 is 15.0 Å². The number of hydrogen-bond acceptors (Lipinski definition) is 6. The van der Waals surface area contributed by atoms with E-state index < -0.39 is 20.6 Å². The van der Waals surface area contributed by atoms with E-state index in [9.17, 15) is 4.79 Å². The summed E-state index contributed by atoms with van der Waals surface area (Å²) >= 11 is 0. The van der Waals surface area contributed by atoms with Gasteiger partial charge in [0, 0.05) is 25.9 Å². The van der Waals surface area contributed by atoms with Crippen LogP contribution in [0.25, 0.3) is 0 Å². The van der Waals surface area contributed by atoms with Crippen LogP contribution in [0, 0.1) is 0 Å². The summed E-state index contributed by atoms with van der Waals surface area (Å²) in [6, 6.07) is 0.616. The number of rotatable bonds is 10. The fraction of sp³-hybridized carbons (Fsp3) is 0.929. The molecule has 0 rings (SSSR count). The first-order valence-corrected chi connectivity index (χ1v) is 9.49. The normalized spacial score (nSPS) is 12.3. The molecule has 0 spiro atoms. The smallest absolute Gasteiger partial charge is 0.434 e. The molecule has 0 aliphatic carbocycles. The lowest BCUT2D eigenvalue weighted by molar-refractivity contribution is -0.00809. The lowest BCUT2D eigenvalue weighted by atomic mass is 10.2. The van der Waals surface area contributed by atoms with Crippen LogP contribution in [0.15, 0.2) is 0 Å². The highest BCUT2D eigenvalue weighted by molar-refractivity contribution is 6.60. The van der Waals surface area contributed by atoms with Crippen LogP contribution in [-0.2, 0) is 22.8 Å². The average molecular weight is 322 g/mol. The second-order valence-electron chi connectivity index (χ2n) is 5.40. The third-order valence-electron chi connectivity index (χ3n) is 2.33. The molecular weight excluding hydrogens is 292 g/mol. The SMILES string of the molecule is CCO[Si](CCCOC(=O)OC(C)(C)C)(OCC)OCC. The maximum atomic E-state index is 11.4. The van der Waals surface area contributed by atoms with Crippen molar-refractivity contribution < 1.29 is 27.5 Å². The molecular formula is C14H30O6Si. The molecule has 0 atom stereocenters. The minimum absolute atomic E-state index is 0.261. The van der Waals surface area contributed by atoms with Crippen LogP contribution in [-0.4, -0.2) is 47.0 Å². The van der Waals surface area contributed by atoms with Crippen LogP contribution < -0.4 is 0 Å². The van der Waals surface area contributed by atoms with Crippen LogP contribution >= 0.6 is 0 Å². The molecule has 0 fully saturated rings. The number of ether oxygens (including phenoxy) is 2.